The topological polar surface area (TPSA) is 29.1 Å². The van der Waals surface area contributed by atoms with Crippen LogP contribution in [0.25, 0.3) is 6.08 Å². The van der Waals surface area contributed by atoms with Gasteiger partial charge < -0.3 is 5.32 Å². The average Bonchev–Trinajstić information content (AvgIpc) is 2.81. The number of benzene rings is 1. The van der Waals surface area contributed by atoms with E-state index in [9.17, 15) is 9.18 Å². The van der Waals surface area contributed by atoms with Crippen LogP contribution in [-0.2, 0) is 11.3 Å². The molecular weight excluding hydrogens is 329 g/mol. The van der Waals surface area contributed by atoms with E-state index < -0.39 is 0 Å². The van der Waals surface area contributed by atoms with E-state index in [1.165, 1.54) is 18.2 Å². The minimum absolute atomic E-state index is 0.176. The maximum absolute atomic E-state index is 12.7. The molecule has 0 atom stereocenters. The largest absolute Gasteiger partial charge is 0.348 e. The minimum Gasteiger partial charge on any atom is -0.348 e. The van der Waals surface area contributed by atoms with Crippen molar-refractivity contribution in [2.75, 3.05) is 0 Å². The van der Waals surface area contributed by atoms with E-state index in [-0.39, 0.29) is 11.7 Å². The Balaban J connectivity index is 1.87. The third-order valence-corrected chi connectivity index (χ3v) is 4.34. The molecule has 1 aromatic carbocycles. The molecule has 0 radical (unpaired) electrons. The molecule has 0 fully saturated rings. The van der Waals surface area contributed by atoms with Gasteiger partial charge in [0.05, 0.1) is 6.54 Å². The van der Waals surface area contributed by atoms with Crippen LogP contribution in [0.4, 0.5) is 4.39 Å². The summed E-state index contributed by atoms with van der Waals surface area (Å²) in [5, 5.41) is 4.75. The summed E-state index contributed by atoms with van der Waals surface area (Å²) in [4.78, 5) is 12.7. The van der Waals surface area contributed by atoms with Gasteiger partial charge in [0.1, 0.15) is 5.82 Å². The highest BCUT2D eigenvalue weighted by Gasteiger charge is 2.02. The van der Waals surface area contributed by atoms with E-state index in [1.807, 2.05) is 11.4 Å². The molecule has 0 saturated heterocycles. The van der Waals surface area contributed by atoms with Gasteiger partial charge in [-0.25, -0.2) is 4.39 Å². The minimum atomic E-state index is -0.288. The molecule has 0 saturated carbocycles. The summed E-state index contributed by atoms with van der Waals surface area (Å²) in [6, 6.07) is 7.91. The highest BCUT2D eigenvalue weighted by molar-refractivity contribution is 9.10. The van der Waals surface area contributed by atoms with Crippen LogP contribution >= 0.6 is 27.3 Å². The lowest BCUT2D eigenvalue weighted by molar-refractivity contribution is -0.116. The van der Waals surface area contributed by atoms with Crippen molar-refractivity contribution in [3.8, 4) is 0 Å². The molecule has 19 heavy (non-hydrogen) atoms. The average molecular weight is 340 g/mol. The second-order valence-electron chi connectivity index (χ2n) is 3.79. The van der Waals surface area contributed by atoms with Crippen molar-refractivity contribution in [1.29, 1.82) is 0 Å². The first-order valence-electron chi connectivity index (χ1n) is 5.58. The van der Waals surface area contributed by atoms with Crippen molar-refractivity contribution in [3.05, 3.63) is 62.5 Å². The van der Waals surface area contributed by atoms with Crippen LogP contribution in [0.3, 0.4) is 0 Å². The van der Waals surface area contributed by atoms with Gasteiger partial charge >= 0.3 is 0 Å². The summed E-state index contributed by atoms with van der Waals surface area (Å²) in [7, 11) is 0. The van der Waals surface area contributed by atoms with E-state index >= 15 is 0 Å². The maximum atomic E-state index is 12.7. The van der Waals surface area contributed by atoms with Crippen LogP contribution in [-0.4, -0.2) is 5.91 Å². The van der Waals surface area contributed by atoms with Crippen molar-refractivity contribution >= 4 is 39.2 Å². The van der Waals surface area contributed by atoms with Gasteiger partial charge in [-0.2, -0.15) is 0 Å². The summed E-state index contributed by atoms with van der Waals surface area (Å²) in [5.74, 6) is -0.464. The van der Waals surface area contributed by atoms with Gasteiger partial charge in [-0.3, -0.25) is 4.79 Å². The van der Waals surface area contributed by atoms with E-state index in [0.29, 0.717) is 6.54 Å². The molecule has 0 unspecified atom stereocenters. The zero-order valence-electron chi connectivity index (χ0n) is 9.90. The molecule has 5 heteroatoms. The number of carbonyl (C=O) groups excluding carboxylic acids is 1. The molecule has 0 aliphatic carbocycles. The molecule has 1 heterocycles. The number of nitrogens with one attached hydrogen (secondary N) is 1. The van der Waals surface area contributed by atoms with Crippen molar-refractivity contribution < 1.29 is 9.18 Å². The first kappa shape index (κ1) is 14.0. The van der Waals surface area contributed by atoms with Gasteiger partial charge in [0.15, 0.2) is 0 Å². The SMILES string of the molecule is O=C(C=Cc1ccc(F)cc1)NCc1sccc1Br. The second-order valence-corrected chi connectivity index (χ2v) is 5.65. The van der Waals surface area contributed by atoms with Crippen LogP contribution in [0.15, 0.2) is 46.3 Å². The Morgan fingerprint density at radius 1 is 1.32 bits per heavy atom. The third-order valence-electron chi connectivity index (χ3n) is 2.41. The number of hydrogen-bond donors (Lipinski definition) is 1. The van der Waals surface area contributed by atoms with Gasteiger partial charge in [0.25, 0.3) is 0 Å². The predicted octanol–water partition coefficient (Wildman–Crippen LogP) is 3.98. The van der Waals surface area contributed by atoms with Crippen molar-refractivity contribution in [3.63, 3.8) is 0 Å². The highest BCUT2D eigenvalue weighted by Crippen LogP contribution is 2.22. The van der Waals surface area contributed by atoms with Crippen LogP contribution in [0.5, 0.6) is 0 Å². The number of hydrogen-bond acceptors (Lipinski definition) is 2. The summed E-state index contributed by atoms with van der Waals surface area (Å²) in [6.45, 7) is 0.491. The molecule has 0 aliphatic heterocycles. The molecule has 0 spiro atoms. The monoisotopic (exact) mass is 339 g/mol. The summed E-state index contributed by atoms with van der Waals surface area (Å²) >= 11 is 4.98. The molecule has 2 rings (SSSR count). The molecule has 0 aliphatic rings. The van der Waals surface area contributed by atoms with Gasteiger partial charge in [-0.15, -0.1) is 11.3 Å². The lowest BCUT2D eigenvalue weighted by Gasteiger charge is -2.00. The number of amides is 1. The fraction of sp³-hybridized carbons (Fsp3) is 0.0714. The quantitative estimate of drug-likeness (QED) is 0.838. The van der Waals surface area contributed by atoms with Gasteiger partial charge in [0, 0.05) is 15.4 Å². The van der Waals surface area contributed by atoms with E-state index in [4.69, 9.17) is 0 Å². The van der Waals surface area contributed by atoms with Crippen LogP contribution < -0.4 is 5.32 Å². The zero-order valence-corrected chi connectivity index (χ0v) is 12.3. The summed E-state index contributed by atoms with van der Waals surface area (Å²) < 4.78 is 13.7. The molecule has 1 amide bonds. The Hall–Kier alpha value is -1.46. The maximum Gasteiger partial charge on any atom is 0.244 e. The fourth-order valence-electron chi connectivity index (χ4n) is 1.42. The third kappa shape index (κ3) is 4.29. The van der Waals surface area contributed by atoms with Crippen LogP contribution in [0, 0.1) is 5.82 Å². The lowest BCUT2D eigenvalue weighted by atomic mass is 10.2. The smallest absolute Gasteiger partial charge is 0.244 e. The van der Waals surface area contributed by atoms with Gasteiger partial charge in [-0.1, -0.05) is 12.1 Å². The first-order chi connectivity index (χ1) is 9.15. The van der Waals surface area contributed by atoms with Gasteiger partial charge in [0.2, 0.25) is 5.91 Å². The van der Waals surface area contributed by atoms with Crippen molar-refractivity contribution in [2.45, 2.75) is 6.54 Å². The number of carbonyl (C=O) groups is 1. The molecule has 1 aromatic heterocycles. The first-order valence-corrected chi connectivity index (χ1v) is 7.26. The molecule has 1 N–H and O–H groups in total. The number of rotatable bonds is 4. The zero-order chi connectivity index (χ0) is 13.7. The summed E-state index contributed by atoms with van der Waals surface area (Å²) in [5.41, 5.74) is 0.786. The normalized spacial score (nSPS) is 10.8. The molecule has 2 nitrogen and oxygen atoms in total. The Kier molecular flexibility index (Phi) is 4.87. The molecule has 2 aromatic rings. The Labute approximate surface area is 123 Å². The molecular formula is C14H11BrFNOS. The Bertz CT molecular complexity index is 592. The molecule has 0 bridgehead atoms. The second kappa shape index (κ2) is 6.63. The van der Waals surface area contributed by atoms with E-state index in [1.54, 1.807) is 29.5 Å². The number of halogens is 2. The predicted molar refractivity (Wildman–Crippen MR) is 79.3 cm³/mol. The van der Waals surface area contributed by atoms with Crippen LogP contribution in [0.2, 0.25) is 0 Å². The van der Waals surface area contributed by atoms with Crippen LogP contribution in [0.1, 0.15) is 10.4 Å². The van der Waals surface area contributed by atoms with Gasteiger partial charge in [-0.05, 0) is 51.1 Å². The number of thiophene rings is 1. The Morgan fingerprint density at radius 2 is 2.05 bits per heavy atom. The fourth-order valence-corrected chi connectivity index (χ4v) is 2.86. The molecule has 98 valence electrons. The standard InChI is InChI=1S/C14H11BrFNOS/c15-12-7-8-19-13(12)9-17-14(18)6-3-10-1-4-11(16)5-2-10/h1-8H,9H2,(H,17,18). The van der Waals surface area contributed by atoms with Crippen molar-refractivity contribution in [1.82, 2.24) is 5.32 Å². The summed E-state index contributed by atoms with van der Waals surface area (Å²) in [6.07, 6.45) is 3.09. The Morgan fingerprint density at radius 3 is 2.68 bits per heavy atom. The van der Waals surface area contributed by atoms with E-state index in [2.05, 4.69) is 21.2 Å². The van der Waals surface area contributed by atoms with E-state index in [0.717, 1.165) is 14.9 Å². The highest BCUT2D eigenvalue weighted by atomic mass is 79.9. The lowest BCUT2D eigenvalue weighted by Crippen LogP contribution is -2.19. The van der Waals surface area contributed by atoms with Crippen molar-refractivity contribution in [2.24, 2.45) is 0 Å².